The van der Waals surface area contributed by atoms with E-state index in [1.54, 1.807) is 11.1 Å². The van der Waals surface area contributed by atoms with E-state index in [0.29, 0.717) is 13.1 Å². The van der Waals surface area contributed by atoms with Gasteiger partial charge in [-0.2, -0.15) is 15.0 Å². The lowest BCUT2D eigenvalue weighted by molar-refractivity contribution is 0.142. The van der Waals surface area contributed by atoms with Crippen LogP contribution in [0.25, 0.3) is 22.2 Å². The Balaban J connectivity index is 1.50. The Labute approximate surface area is 142 Å². The van der Waals surface area contributed by atoms with E-state index in [2.05, 4.69) is 16.0 Å². The first-order chi connectivity index (χ1) is 12.2. The van der Waals surface area contributed by atoms with Gasteiger partial charge in [-0.05, 0) is 30.0 Å². The van der Waals surface area contributed by atoms with Crippen LogP contribution in [-0.4, -0.2) is 43.8 Å². The first-order valence-electron chi connectivity index (χ1n) is 8.47. The number of carbonyl (C=O) groups is 1. The molecule has 1 N–H and O–H groups in total. The zero-order chi connectivity index (χ0) is 16.8. The molecule has 0 radical (unpaired) electrons. The van der Waals surface area contributed by atoms with Crippen molar-refractivity contribution in [3.05, 3.63) is 35.9 Å². The summed E-state index contributed by atoms with van der Waals surface area (Å²) in [5.74, 6) is -0.0514. The molecule has 1 spiro atoms. The fourth-order valence-electron chi connectivity index (χ4n) is 4.30. The second-order valence-electron chi connectivity index (χ2n) is 7.22. The summed E-state index contributed by atoms with van der Waals surface area (Å²) in [5, 5.41) is 14.8. The number of nitriles is 1. The molecule has 1 amide bonds. The number of carbonyl (C=O) groups excluding carboxylic acids is 1. The van der Waals surface area contributed by atoms with Gasteiger partial charge >= 0.3 is 6.03 Å². The van der Waals surface area contributed by atoms with Crippen molar-refractivity contribution in [1.29, 1.82) is 5.26 Å². The van der Waals surface area contributed by atoms with Crippen LogP contribution < -0.4 is 0 Å². The summed E-state index contributed by atoms with van der Waals surface area (Å²) in [6.07, 6.45) is 7.78. The largest absolute Gasteiger partial charge is 0.346 e. The lowest BCUT2D eigenvalue weighted by Gasteiger charge is -2.34. The van der Waals surface area contributed by atoms with Crippen LogP contribution in [0.3, 0.4) is 0 Å². The number of pyridine rings is 1. The second kappa shape index (κ2) is 4.09. The number of nitrogens with zero attached hydrogens (tertiary/aromatic N) is 5. The summed E-state index contributed by atoms with van der Waals surface area (Å²) in [6.45, 7) is 0.982. The van der Waals surface area contributed by atoms with E-state index in [4.69, 9.17) is 10.4 Å². The van der Waals surface area contributed by atoms with Gasteiger partial charge < -0.3 is 9.88 Å². The van der Waals surface area contributed by atoms with E-state index < -0.39 is 0 Å². The molecule has 0 unspecified atom stereocenters. The lowest BCUT2D eigenvalue weighted by atomic mass is 9.82. The molecule has 3 aliphatic rings. The van der Waals surface area contributed by atoms with Gasteiger partial charge in [0.15, 0.2) is 0 Å². The predicted molar refractivity (Wildman–Crippen MR) is 88.8 cm³/mol. The normalized spacial score (nSPS) is 19.6. The van der Waals surface area contributed by atoms with E-state index in [-0.39, 0.29) is 17.4 Å². The van der Waals surface area contributed by atoms with Crippen LogP contribution >= 0.6 is 0 Å². The summed E-state index contributed by atoms with van der Waals surface area (Å²) in [6, 6.07) is 4.05. The molecule has 0 bridgehead atoms. The van der Waals surface area contributed by atoms with Crippen molar-refractivity contribution in [2.75, 3.05) is 13.1 Å². The molecular formula is C18H14N6O. The van der Waals surface area contributed by atoms with Gasteiger partial charge in [-0.15, -0.1) is 0 Å². The second-order valence-corrected chi connectivity index (χ2v) is 7.22. The molecule has 1 saturated heterocycles. The number of likely N-dealkylation sites (tertiary alicyclic amines) is 1. The number of hydrogen-bond donors (Lipinski definition) is 1. The van der Waals surface area contributed by atoms with Gasteiger partial charge in [0.05, 0.1) is 17.7 Å². The molecule has 3 aromatic rings. The number of rotatable bonds is 0. The summed E-state index contributed by atoms with van der Waals surface area (Å²) < 4.78 is 1.46. The van der Waals surface area contributed by atoms with Crippen molar-refractivity contribution in [2.24, 2.45) is 5.92 Å². The highest BCUT2D eigenvalue weighted by Crippen LogP contribution is 2.60. The average Bonchev–Trinajstić information content (AvgIpc) is 3.06. The van der Waals surface area contributed by atoms with Gasteiger partial charge in [0.25, 0.3) is 0 Å². The highest BCUT2D eigenvalue weighted by Gasteiger charge is 2.53. The van der Waals surface area contributed by atoms with Gasteiger partial charge in [-0.3, -0.25) is 0 Å². The Morgan fingerprint density at radius 2 is 2.20 bits per heavy atom. The topological polar surface area (TPSA) is 90.6 Å². The number of aromatic amines is 1. The van der Waals surface area contributed by atoms with Gasteiger partial charge in [0, 0.05) is 48.0 Å². The van der Waals surface area contributed by atoms with Crippen molar-refractivity contribution in [1.82, 2.24) is 24.6 Å². The minimum atomic E-state index is -0.145. The molecule has 7 nitrogen and oxygen atoms in total. The highest BCUT2D eigenvalue weighted by molar-refractivity contribution is 6.01. The zero-order valence-electron chi connectivity index (χ0n) is 13.4. The van der Waals surface area contributed by atoms with Crippen molar-refractivity contribution in [2.45, 2.75) is 18.3 Å². The highest BCUT2D eigenvalue weighted by atomic mass is 16.2. The van der Waals surface area contributed by atoms with Crippen LogP contribution in [0.5, 0.6) is 0 Å². The van der Waals surface area contributed by atoms with Crippen LogP contribution in [0.4, 0.5) is 4.79 Å². The van der Waals surface area contributed by atoms with Crippen LogP contribution in [0.1, 0.15) is 24.1 Å². The third-order valence-corrected chi connectivity index (χ3v) is 5.83. The quantitative estimate of drug-likeness (QED) is 0.684. The number of aromatic nitrogens is 4. The van der Waals surface area contributed by atoms with Gasteiger partial charge in [0.2, 0.25) is 0 Å². The van der Waals surface area contributed by atoms with Crippen LogP contribution in [-0.2, 0) is 5.41 Å². The Morgan fingerprint density at radius 1 is 1.36 bits per heavy atom. The molecule has 122 valence electrons. The molecule has 1 aliphatic heterocycles. The number of hydrogen-bond acceptors (Lipinski definition) is 4. The minimum absolute atomic E-state index is 0.0514. The maximum Gasteiger partial charge on any atom is 0.344 e. The van der Waals surface area contributed by atoms with E-state index in [0.717, 1.165) is 40.7 Å². The molecule has 0 atom stereocenters. The molecule has 4 heterocycles. The first-order valence-corrected chi connectivity index (χ1v) is 8.47. The number of H-pyrrole nitrogens is 1. The fourth-order valence-corrected chi connectivity index (χ4v) is 4.30. The van der Waals surface area contributed by atoms with Crippen molar-refractivity contribution < 1.29 is 4.79 Å². The maximum atomic E-state index is 12.7. The van der Waals surface area contributed by atoms with E-state index >= 15 is 0 Å². The zero-order valence-corrected chi connectivity index (χ0v) is 13.4. The number of nitrogens with one attached hydrogen (secondary N) is 1. The standard InChI is InChI=1S/C18H14N6O/c19-5-10-7-23(8-10)17(25)24-9-12-11-1-4-20-16-14(11)13(6-21-16)18(2-3-18)15(12)22-24/h1,4,6,9-10H,2-3,7-8H2,(H,20,21). The molecule has 0 aromatic carbocycles. The first kappa shape index (κ1) is 13.2. The molecule has 1 saturated carbocycles. The maximum absolute atomic E-state index is 12.7. The molecule has 7 heteroatoms. The minimum Gasteiger partial charge on any atom is -0.346 e. The SMILES string of the molecule is N#CC1CN(C(=O)n2cc3c(n2)C2(CC2)c2c[nH]c4nccc-3c24)C1. The van der Waals surface area contributed by atoms with Crippen LogP contribution in [0.15, 0.2) is 24.7 Å². The Bertz CT molecular complexity index is 1110. The summed E-state index contributed by atoms with van der Waals surface area (Å²) >= 11 is 0. The smallest absolute Gasteiger partial charge is 0.344 e. The molecule has 25 heavy (non-hydrogen) atoms. The van der Waals surface area contributed by atoms with E-state index in [1.165, 1.54) is 10.2 Å². The van der Waals surface area contributed by atoms with E-state index in [1.807, 2.05) is 18.5 Å². The van der Waals surface area contributed by atoms with Crippen molar-refractivity contribution >= 4 is 17.1 Å². The third kappa shape index (κ3) is 1.48. The lowest BCUT2D eigenvalue weighted by Crippen LogP contribution is -2.51. The van der Waals surface area contributed by atoms with Crippen LogP contribution in [0.2, 0.25) is 0 Å². The number of amides is 1. The molecule has 2 fully saturated rings. The summed E-state index contributed by atoms with van der Waals surface area (Å²) in [4.78, 5) is 22.1. The van der Waals surface area contributed by atoms with Gasteiger partial charge in [0.1, 0.15) is 5.65 Å². The van der Waals surface area contributed by atoms with Crippen LogP contribution in [0, 0.1) is 17.2 Å². The fraction of sp³-hybridized carbons (Fsp3) is 0.333. The summed E-state index contributed by atoms with van der Waals surface area (Å²) in [5.41, 5.74) is 5.19. The number of fused-ring (bicyclic) bond motifs is 4. The Kier molecular flexibility index (Phi) is 2.16. The third-order valence-electron chi connectivity index (χ3n) is 5.83. The molecular weight excluding hydrogens is 316 g/mol. The van der Waals surface area contributed by atoms with Gasteiger partial charge in [-0.1, -0.05) is 0 Å². The van der Waals surface area contributed by atoms with Crippen molar-refractivity contribution in [3.63, 3.8) is 0 Å². The van der Waals surface area contributed by atoms with Gasteiger partial charge in [-0.25, -0.2) is 9.78 Å². The summed E-state index contributed by atoms with van der Waals surface area (Å²) in [7, 11) is 0. The predicted octanol–water partition coefficient (Wildman–Crippen LogP) is 2.24. The van der Waals surface area contributed by atoms with E-state index in [9.17, 15) is 4.79 Å². The Hall–Kier alpha value is -3.14. The molecule has 2 aliphatic carbocycles. The molecule has 3 aromatic heterocycles. The monoisotopic (exact) mass is 330 g/mol. The molecule has 6 rings (SSSR count). The van der Waals surface area contributed by atoms with Crippen molar-refractivity contribution in [3.8, 4) is 17.2 Å². The Morgan fingerprint density at radius 3 is 2.96 bits per heavy atom. The average molecular weight is 330 g/mol.